The number of aromatic nitrogens is 2. The Labute approximate surface area is 234 Å². The largest absolute Gasteiger partial charge is 0.480 e. The van der Waals surface area contributed by atoms with Gasteiger partial charge in [0, 0.05) is 18.5 Å². The predicted molar refractivity (Wildman–Crippen MR) is 154 cm³/mol. The lowest BCUT2D eigenvalue weighted by atomic mass is 9.88. The van der Waals surface area contributed by atoms with Crippen molar-refractivity contribution in [3.05, 3.63) is 69.6 Å². The van der Waals surface area contributed by atoms with Gasteiger partial charge in [-0.25, -0.2) is 9.37 Å². The highest BCUT2D eigenvalue weighted by molar-refractivity contribution is 6.42. The number of unbranched alkanes of at least 4 members (excludes halogenated alkanes) is 1. The highest BCUT2D eigenvalue weighted by Gasteiger charge is 2.27. The average molecular weight is 561 g/mol. The van der Waals surface area contributed by atoms with Gasteiger partial charge in [0.2, 0.25) is 11.8 Å². The molecule has 0 spiro atoms. The van der Waals surface area contributed by atoms with Gasteiger partial charge in [0.25, 0.3) is 0 Å². The van der Waals surface area contributed by atoms with Crippen molar-refractivity contribution in [2.24, 2.45) is 5.73 Å². The number of piperidine rings is 1. The fraction of sp³-hybridized carbons (Fsp3) is 0.448. The number of nitrogens with one attached hydrogen (secondary N) is 1. The molecule has 1 atom stereocenters. The summed E-state index contributed by atoms with van der Waals surface area (Å²) in [5, 5.41) is 4.35. The molecule has 0 aliphatic carbocycles. The lowest BCUT2D eigenvalue weighted by Gasteiger charge is -2.32. The van der Waals surface area contributed by atoms with Crippen molar-refractivity contribution in [1.82, 2.24) is 14.9 Å². The van der Waals surface area contributed by atoms with E-state index in [4.69, 9.17) is 38.7 Å². The Morgan fingerprint density at radius 2 is 1.84 bits per heavy atom. The lowest BCUT2D eigenvalue weighted by Crippen LogP contribution is -2.34. The van der Waals surface area contributed by atoms with E-state index in [1.165, 1.54) is 25.0 Å². The van der Waals surface area contributed by atoms with Crippen molar-refractivity contribution in [2.45, 2.75) is 51.0 Å². The van der Waals surface area contributed by atoms with Crippen LogP contribution in [0.15, 0.2) is 42.5 Å². The lowest BCUT2D eigenvalue weighted by molar-refractivity contribution is 0.208. The first-order valence-corrected chi connectivity index (χ1v) is 14.0. The third-order valence-electron chi connectivity index (χ3n) is 7.04. The zero-order valence-electron chi connectivity index (χ0n) is 22.0. The molecule has 1 aromatic heterocycles. The maximum atomic E-state index is 13.7. The SMILES string of the molecule is CCCCN1CCC(c2nc(NCC(N)Cc3ccc(Cl)c(Cl)c3)nc(OC)c2-c2ccc(F)cc2)CC1. The zero-order valence-corrected chi connectivity index (χ0v) is 23.5. The summed E-state index contributed by atoms with van der Waals surface area (Å²) in [7, 11) is 1.60. The van der Waals surface area contributed by atoms with Crippen LogP contribution in [0.5, 0.6) is 5.88 Å². The summed E-state index contributed by atoms with van der Waals surface area (Å²) in [5.41, 5.74) is 10.0. The van der Waals surface area contributed by atoms with Crippen LogP contribution in [0.3, 0.4) is 0 Å². The molecule has 1 fully saturated rings. The molecule has 6 nitrogen and oxygen atoms in total. The molecule has 38 heavy (non-hydrogen) atoms. The number of benzene rings is 2. The topological polar surface area (TPSA) is 76.3 Å². The van der Waals surface area contributed by atoms with Crippen LogP contribution >= 0.6 is 23.2 Å². The third kappa shape index (κ3) is 7.35. The fourth-order valence-corrected chi connectivity index (χ4v) is 5.26. The van der Waals surface area contributed by atoms with Gasteiger partial charge in [-0.1, -0.05) is 54.7 Å². The van der Waals surface area contributed by atoms with E-state index in [0.29, 0.717) is 34.8 Å². The predicted octanol–water partition coefficient (Wildman–Crippen LogP) is 6.56. The molecule has 2 heterocycles. The van der Waals surface area contributed by atoms with Gasteiger partial charge in [-0.3, -0.25) is 0 Å². The van der Waals surface area contributed by atoms with E-state index >= 15 is 0 Å². The quantitative estimate of drug-likeness (QED) is 0.277. The van der Waals surface area contributed by atoms with Gasteiger partial charge >= 0.3 is 0 Å². The van der Waals surface area contributed by atoms with E-state index in [9.17, 15) is 4.39 Å². The van der Waals surface area contributed by atoms with E-state index in [2.05, 4.69) is 22.1 Å². The van der Waals surface area contributed by atoms with Gasteiger partial charge in [0.15, 0.2) is 0 Å². The smallest absolute Gasteiger partial charge is 0.226 e. The number of nitrogens with two attached hydrogens (primary N) is 1. The standard InChI is InChI=1S/C29H36Cl2FN5O/c1-3-4-13-37-14-11-21(12-15-37)27-26(20-6-8-22(32)9-7-20)28(38-2)36-29(35-27)34-18-23(33)16-19-5-10-24(30)25(31)17-19/h5-10,17,21,23H,3-4,11-16,18,33H2,1-2H3,(H,34,35,36). The maximum absolute atomic E-state index is 13.7. The number of likely N-dealkylation sites (tertiary alicyclic amines) is 1. The summed E-state index contributed by atoms with van der Waals surface area (Å²) in [4.78, 5) is 12.2. The number of hydrogen-bond donors (Lipinski definition) is 2. The first kappa shape index (κ1) is 28.6. The molecular weight excluding hydrogens is 524 g/mol. The van der Waals surface area contributed by atoms with Crippen LogP contribution in [0.1, 0.15) is 49.8 Å². The Balaban J connectivity index is 1.56. The van der Waals surface area contributed by atoms with Crippen LogP contribution in [0.25, 0.3) is 11.1 Å². The summed E-state index contributed by atoms with van der Waals surface area (Å²) in [5.74, 6) is 0.903. The number of methoxy groups -OCH3 is 1. The van der Waals surface area contributed by atoms with Gasteiger partial charge in [0.05, 0.1) is 28.4 Å². The monoisotopic (exact) mass is 559 g/mol. The highest BCUT2D eigenvalue weighted by atomic mass is 35.5. The average Bonchev–Trinajstić information content (AvgIpc) is 2.93. The van der Waals surface area contributed by atoms with Gasteiger partial charge in [-0.15, -0.1) is 0 Å². The molecular formula is C29H36Cl2FN5O. The Morgan fingerprint density at radius 3 is 2.50 bits per heavy atom. The highest BCUT2D eigenvalue weighted by Crippen LogP contribution is 2.39. The number of rotatable bonds is 11. The van der Waals surface area contributed by atoms with Crippen LogP contribution in [0, 0.1) is 5.82 Å². The second kappa shape index (κ2) is 13.6. The molecule has 1 saturated heterocycles. The summed E-state index contributed by atoms with van der Waals surface area (Å²) in [6.07, 6.45) is 5.02. The Hall–Kier alpha value is -2.45. The summed E-state index contributed by atoms with van der Waals surface area (Å²) < 4.78 is 19.5. The number of anilines is 1. The normalized spacial score (nSPS) is 15.4. The minimum absolute atomic E-state index is 0.191. The molecule has 0 radical (unpaired) electrons. The molecule has 3 N–H and O–H groups in total. The van der Waals surface area contributed by atoms with Gasteiger partial charge < -0.3 is 20.7 Å². The molecule has 204 valence electrons. The van der Waals surface area contributed by atoms with Crippen molar-refractivity contribution >= 4 is 29.2 Å². The maximum Gasteiger partial charge on any atom is 0.226 e. The van der Waals surface area contributed by atoms with E-state index in [0.717, 1.165) is 54.9 Å². The number of halogens is 3. The molecule has 1 aliphatic heterocycles. The van der Waals surface area contributed by atoms with Crippen molar-refractivity contribution in [3.8, 4) is 17.0 Å². The van der Waals surface area contributed by atoms with Crippen LogP contribution in [-0.2, 0) is 6.42 Å². The van der Waals surface area contributed by atoms with Crippen LogP contribution in [0.4, 0.5) is 10.3 Å². The summed E-state index contributed by atoms with van der Waals surface area (Å²) in [6, 6.07) is 11.8. The number of nitrogens with zero attached hydrogens (tertiary/aromatic N) is 3. The van der Waals surface area contributed by atoms with Crippen molar-refractivity contribution in [3.63, 3.8) is 0 Å². The molecule has 2 aromatic carbocycles. The minimum Gasteiger partial charge on any atom is -0.480 e. The second-order valence-electron chi connectivity index (χ2n) is 9.89. The van der Waals surface area contributed by atoms with Crippen LogP contribution in [-0.4, -0.2) is 54.2 Å². The molecule has 1 aliphatic rings. The second-order valence-corrected chi connectivity index (χ2v) is 10.7. The fourth-order valence-electron chi connectivity index (χ4n) is 4.94. The Kier molecular flexibility index (Phi) is 10.2. The first-order valence-electron chi connectivity index (χ1n) is 13.3. The molecule has 0 saturated carbocycles. The van der Waals surface area contributed by atoms with Gasteiger partial charge in [0.1, 0.15) is 5.82 Å². The first-order chi connectivity index (χ1) is 18.4. The zero-order chi connectivity index (χ0) is 27.1. The van der Waals surface area contributed by atoms with Gasteiger partial charge in [-0.05, 0) is 80.7 Å². The van der Waals surface area contributed by atoms with Crippen molar-refractivity contribution < 1.29 is 9.13 Å². The number of hydrogen-bond acceptors (Lipinski definition) is 6. The molecule has 1 unspecified atom stereocenters. The molecule has 0 amide bonds. The molecule has 4 rings (SSSR count). The van der Waals surface area contributed by atoms with Crippen molar-refractivity contribution in [1.29, 1.82) is 0 Å². The van der Waals surface area contributed by atoms with Crippen LogP contribution < -0.4 is 15.8 Å². The molecule has 9 heteroatoms. The third-order valence-corrected chi connectivity index (χ3v) is 7.78. The summed E-state index contributed by atoms with van der Waals surface area (Å²) in [6.45, 7) is 5.87. The van der Waals surface area contributed by atoms with E-state index in [1.54, 1.807) is 25.3 Å². The van der Waals surface area contributed by atoms with E-state index in [-0.39, 0.29) is 17.8 Å². The van der Waals surface area contributed by atoms with Gasteiger partial charge in [-0.2, -0.15) is 4.98 Å². The summed E-state index contributed by atoms with van der Waals surface area (Å²) >= 11 is 12.2. The van der Waals surface area contributed by atoms with E-state index in [1.807, 2.05) is 12.1 Å². The Morgan fingerprint density at radius 1 is 1.11 bits per heavy atom. The number of ether oxygens (including phenoxy) is 1. The van der Waals surface area contributed by atoms with E-state index < -0.39 is 0 Å². The molecule has 0 bridgehead atoms. The van der Waals surface area contributed by atoms with Crippen LogP contribution in [0.2, 0.25) is 10.0 Å². The minimum atomic E-state index is -0.284. The Bertz CT molecular complexity index is 1200. The molecule has 3 aromatic rings. The van der Waals surface area contributed by atoms with Crippen molar-refractivity contribution in [2.75, 3.05) is 38.6 Å².